The van der Waals surface area contributed by atoms with Crippen LogP contribution in [-0.4, -0.2) is 63.8 Å². The summed E-state index contributed by atoms with van der Waals surface area (Å²) in [6.07, 6.45) is 0. The van der Waals surface area contributed by atoms with E-state index in [1.807, 2.05) is 24.3 Å². The Morgan fingerprint density at radius 1 is 1.09 bits per heavy atom. The molecule has 2 aliphatic heterocycles. The van der Waals surface area contributed by atoms with Crippen LogP contribution in [0.1, 0.15) is 11.6 Å². The Labute approximate surface area is 198 Å². The van der Waals surface area contributed by atoms with E-state index < -0.39 is 12.0 Å². The number of nitrogens with zero attached hydrogens (tertiary/aromatic N) is 2. The van der Waals surface area contributed by atoms with E-state index in [2.05, 4.69) is 26.5 Å². The predicted molar refractivity (Wildman–Crippen MR) is 127 cm³/mol. The number of hydrogen-bond donors (Lipinski definition) is 2. The van der Waals surface area contributed by atoms with Gasteiger partial charge in [0.1, 0.15) is 5.75 Å². The molecule has 2 N–H and O–H groups in total. The SMILES string of the molecule is COC(=O)C1=C(CN2CCN(c3cccc(OC)c3)CC2)NC(=O)NC1c1ccccc1Cl. The molecule has 1 saturated heterocycles. The molecule has 1 atom stereocenters. The van der Waals surface area contributed by atoms with Crippen molar-refractivity contribution in [3.63, 3.8) is 0 Å². The topological polar surface area (TPSA) is 83.1 Å². The number of esters is 1. The fourth-order valence-electron chi connectivity index (χ4n) is 4.23. The molecule has 0 bridgehead atoms. The van der Waals surface area contributed by atoms with Gasteiger partial charge in [-0.05, 0) is 23.8 Å². The number of ether oxygens (including phenoxy) is 2. The van der Waals surface area contributed by atoms with Gasteiger partial charge in [-0.1, -0.05) is 35.9 Å². The normalized spacial score (nSPS) is 19.1. The molecule has 9 heteroatoms. The molecular formula is C24H27ClN4O4. The van der Waals surface area contributed by atoms with Crippen LogP contribution < -0.4 is 20.3 Å². The number of anilines is 1. The molecule has 33 heavy (non-hydrogen) atoms. The number of methoxy groups -OCH3 is 2. The molecule has 0 radical (unpaired) electrons. The Morgan fingerprint density at radius 3 is 2.55 bits per heavy atom. The molecule has 1 fully saturated rings. The maximum atomic E-state index is 12.8. The average molecular weight is 471 g/mol. The summed E-state index contributed by atoms with van der Waals surface area (Å²) in [5.41, 5.74) is 2.65. The van der Waals surface area contributed by atoms with Crippen molar-refractivity contribution in [3.05, 3.63) is 70.4 Å². The van der Waals surface area contributed by atoms with E-state index in [-0.39, 0.29) is 6.03 Å². The lowest BCUT2D eigenvalue weighted by Gasteiger charge is -2.38. The van der Waals surface area contributed by atoms with Gasteiger partial charge in [-0.3, -0.25) is 4.90 Å². The van der Waals surface area contributed by atoms with Crippen LogP contribution >= 0.6 is 11.6 Å². The summed E-state index contributed by atoms with van der Waals surface area (Å²) in [5.74, 6) is 0.322. The molecule has 2 aromatic carbocycles. The molecule has 2 aliphatic rings. The van der Waals surface area contributed by atoms with Crippen LogP contribution in [0.3, 0.4) is 0 Å². The Kier molecular flexibility index (Phi) is 7.05. The number of halogens is 1. The first-order chi connectivity index (χ1) is 16.0. The van der Waals surface area contributed by atoms with Crippen molar-refractivity contribution in [2.45, 2.75) is 6.04 Å². The first-order valence-corrected chi connectivity index (χ1v) is 11.1. The van der Waals surface area contributed by atoms with Gasteiger partial charge >= 0.3 is 12.0 Å². The van der Waals surface area contributed by atoms with E-state index in [4.69, 9.17) is 21.1 Å². The van der Waals surface area contributed by atoms with Gasteiger partial charge < -0.3 is 25.0 Å². The minimum absolute atomic E-state index is 0.362. The summed E-state index contributed by atoms with van der Waals surface area (Å²) in [4.78, 5) is 29.7. The average Bonchev–Trinajstić information content (AvgIpc) is 2.84. The number of nitrogens with one attached hydrogen (secondary N) is 2. The molecule has 0 spiro atoms. The molecule has 2 heterocycles. The van der Waals surface area contributed by atoms with Gasteiger partial charge in [-0.25, -0.2) is 9.59 Å². The number of carbonyl (C=O) groups excluding carboxylic acids is 2. The summed E-state index contributed by atoms with van der Waals surface area (Å²) >= 11 is 6.38. The minimum Gasteiger partial charge on any atom is -0.497 e. The van der Waals surface area contributed by atoms with E-state index in [1.165, 1.54) is 7.11 Å². The summed E-state index contributed by atoms with van der Waals surface area (Å²) in [7, 11) is 2.99. The number of piperazine rings is 1. The van der Waals surface area contributed by atoms with Crippen molar-refractivity contribution in [3.8, 4) is 5.75 Å². The lowest BCUT2D eigenvalue weighted by atomic mass is 9.95. The summed E-state index contributed by atoms with van der Waals surface area (Å²) in [6, 6.07) is 14.1. The standard InChI is InChI=1S/C24H27ClN4O4/c1-32-17-7-5-6-16(14-17)29-12-10-28(11-13-29)15-20-21(23(30)33-2)22(27-24(31)26-20)18-8-3-4-9-19(18)25/h3-9,14,22H,10-13,15H2,1-2H3,(H2,26,27,31). The van der Waals surface area contributed by atoms with E-state index in [0.717, 1.165) is 37.6 Å². The van der Waals surface area contributed by atoms with Gasteiger partial charge in [-0.15, -0.1) is 0 Å². The zero-order valence-electron chi connectivity index (χ0n) is 18.6. The summed E-state index contributed by atoms with van der Waals surface area (Å²) in [5, 5.41) is 6.10. The Bertz CT molecular complexity index is 1070. The van der Waals surface area contributed by atoms with Crippen molar-refractivity contribution in [1.82, 2.24) is 15.5 Å². The van der Waals surface area contributed by atoms with E-state index >= 15 is 0 Å². The number of amides is 2. The highest BCUT2D eigenvalue weighted by atomic mass is 35.5. The van der Waals surface area contributed by atoms with Gasteiger partial charge in [0.25, 0.3) is 0 Å². The molecule has 0 saturated carbocycles. The van der Waals surface area contributed by atoms with Crippen molar-refractivity contribution in [2.24, 2.45) is 0 Å². The Balaban J connectivity index is 1.54. The highest BCUT2D eigenvalue weighted by Gasteiger charge is 2.35. The Morgan fingerprint density at radius 2 is 1.85 bits per heavy atom. The summed E-state index contributed by atoms with van der Waals surface area (Å²) < 4.78 is 10.4. The van der Waals surface area contributed by atoms with Crippen LogP contribution in [0.15, 0.2) is 59.8 Å². The first-order valence-electron chi connectivity index (χ1n) is 10.7. The predicted octanol–water partition coefficient (Wildman–Crippen LogP) is 2.95. The number of carbonyl (C=O) groups is 2. The van der Waals surface area contributed by atoms with Crippen molar-refractivity contribution in [1.29, 1.82) is 0 Å². The van der Waals surface area contributed by atoms with Gasteiger partial charge in [-0.2, -0.15) is 0 Å². The zero-order chi connectivity index (χ0) is 23.4. The fourth-order valence-corrected chi connectivity index (χ4v) is 4.48. The molecule has 0 aliphatic carbocycles. The molecule has 8 nitrogen and oxygen atoms in total. The quantitative estimate of drug-likeness (QED) is 0.632. The second kappa shape index (κ2) is 10.1. The lowest BCUT2D eigenvalue weighted by Crippen LogP contribution is -2.51. The Hall–Kier alpha value is -3.23. The fraction of sp³-hybridized carbons (Fsp3) is 0.333. The summed E-state index contributed by atoms with van der Waals surface area (Å²) in [6.45, 7) is 3.59. The molecule has 4 rings (SSSR count). The van der Waals surface area contributed by atoms with E-state index in [9.17, 15) is 9.59 Å². The third-order valence-corrected chi connectivity index (χ3v) is 6.29. The minimum atomic E-state index is -0.687. The second-order valence-electron chi connectivity index (χ2n) is 7.90. The largest absolute Gasteiger partial charge is 0.497 e. The number of hydrogen-bond acceptors (Lipinski definition) is 6. The van der Waals surface area contributed by atoms with Crippen LogP contribution in [0.25, 0.3) is 0 Å². The molecule has 2 aromatic rings. The maximum Gasteiger partial charge on any atom is 0.338 e. The monoisotopic (exact) mass is 470 g/mol. The van der Waals surface area contributed by atoms with Gasteiger partial charge in [0.2, 0.25) is 0 Å². The van der Waals surface area contributed by atoms with Crippen molar-refractivity contribution in [2.75, 3.05) is 51.8 Å². The van der Waals surface area contributed by atoms with E-state index in [1.54, 1.807) is 25.3 Å². The highest BCUT2D eigenvalue weighted by molar-refractivity contribution is 6.31. The second-order valence-corrected chi connectivity index (χ2v) is 8.31. The zero-order valence-corrected chi connectivity index (χ0v) is 19.4. The smallest absolute Gasteiger partial charge is 0.338 e. The molecule has 174 valence electrons. The third-order valence-electron chi connectivity index (χ3n) is 5.95. The molecule has 0 aromatic heterocycles. The van der Waals surface area contributed by atoms with Crippen LogP contribution in [0, 0.1) is 0 Å². The molecular weight excluding hydrogens is 444 g/mol. The molecule has 2 amide bonds. The van der Waals surface area contributed by atoms with Crippen LogP contribution in [0.5, 0.6) is 5.75 Å². The van der Waals surface area contributed by atoms with Gasteiger partial charge in [0.05, 0.1) is 25.8 Å². The number of urea groups is 1. The maximum absolute atomic E-state index is 12.8. The van der Waals surface area contributed by atoms with Crippen molar-refractivity contribution >= 4 is 29.3 Å². The van der Waals surface area contributed by atoms with Gasteiger partial charge in [0, 0.05) is 55.2 Å². The number of rotatable bonds is 6. The van der Waals surface area contributed by atoms with Crippen molar-refractivity contribution < 1.29 is 19.1 Å². The molecule has 1 unspecified atom stereocenters. The van der Waals surface area contributed by atoms with Gasteiger partial charge in [0.15, 0.2) is 0 Å². The van der Waals surface area contributed by atoms with Crippen LogP contribution in [-0.2, 0) is 9.53 Å². The first kappa shape index (κ1) is 22.9. The third kappa shape index (κ3) is 5.07. The van der Waals surface area contributed by atoms with E-state index in [0.29, 0.717) is 28.4 Å². The van der Waals surface area contributed by atoms with Crippen LogP contribution in [0.4, 0.5) is 10.5 Å². The van der Waals surface area contributed by atoms with Crippen LogP contribution in [0.2, 0.25) is 5.02 Å². The number of benzene rings is 2. The highest BCUT2D eigenvalue weighted by Crippen LogP contribution is 2.32. The lowest BCUT2D eigenvalue weighted by molar-refractivity contribution is -0.136.